The van der Waals surface area contributed by atoms with Crippen LogP contribution in [0.15, 0.2) is 0 Å². The Hall–Kier alpha value is -0.0300. The first-order chi connectivity index (χ1) is 10.3. The molecule has 2 aliphatic heterocycles. The molecule has 0 aromatic rings. The summed E-state index contributed by atoms with van der Waals surface area (Å²) in [6.07, 6.45) is 12.7. The number of carbonyl (C=O) groups excluding carboxylic acids is 1. The highest BCUT2D eigenvalue weighted by molar-refractivity contribution is 5.85. The molecule has 1 aliphatic carbocycles. The summed E-state index contributed by atoms with van der Waals surface area (Å²) in [5.41, 5.74) is 0. The average Bonchev–Trinajstić information content (AvgIpc) is 2.57. The van der Waals surface area contributed by atoms with Crippen LogP contribution in [0.25, 0.3) is 0 Å². The number of amides is 1. The summed E-state index contributed by atoms with van der Waals surface area (Å²) in [7, 11) is 0. The minimum Gasteiger partial charge on any atom is -0.352 e. The molecule has 4 nitrogen and oxygen atoms in total. The minimum atomic E-state index is 0. The van der Waals surface area contributed by atoms with E-state index in [0.29, 0.717) is 6.04 Å². The molecule has 0 aromatic carbocycles. The number of piperidine rings is 2. The Morgan fingerprint density at radius 3 is 2.13 bits per heavy atom. The zero-order valence-corrected chi connectivity index (χ0v) is 15.7. The standard InChI is InChI=1S/C17H31N3O.2ClH/c21-17(16-8-4-5-11-18-16)19-14-9-12-20(13-10-14)15-6-2-1-3-7-15;;/h14-16,18H,1-13H2,(H,19,21);2*1H/t16-;;/m1../s1. The van der Waals surface area contributed by atoms with Crippen LogP contribution >= 0.6 is 24.8 Å². The lowest BCUT2D eigenvalue weighted by Gasteiger charge is -2.39. The lowest BCUT2D eigenvalue weighted by molar-refractivity contribution is -0.124. The molecule has 2 N–H and O–H groups in total. The fraction of sp³-hybridized carbons (Fsp3) is 0.941. The van der Waals surface area contributed by atoms with Gasteiger partial charge in [0.05, 0.1) is 6.04 Å². The minimum absolute atomic E-state index is 0. The highest BCUT2D eigenvalue weighted by Gasteiger charge is 2.28. The van der Waals surface area contributed by atoms with Crippen LogP contribution in [0, 0.1) is 0 Å². The van der Waals surface area contributed by atoms with Crippen LogP contribution in [0.4, 0.5) is 0 Å². The van der Waals surface area contributed by atoms with E-state index in [1.54, 1.807) is 0 Å². The van der Waals surface area contributed by atoms with E-state index in [-0.39, 0.29) is 36.8 Å². The molecule has 2 saturated heterocycles. The molecule has 3 aliphatic rings. The van der Waals surface area contributed by atoms with Gasteiger partial charge >= 0.3 is 0 Å². The van der Waals surface area contributed by atoms with E-state index < -0.39 is 0 Å². The van der Waals surface area contributed by atoms with Crippen molar-refractivity contribution in [3.05, 3.63) is 0 Å². The summed E-state index contributed by atoms with van der Waals surface area (Å²) < 4.78 is 0. The van der Waals surface area contributed by atoms with E-state index >= 15 is 0 Å². The fourth-order valence-corrected chi connectivity index (χ4v) is 4.23. The van der Waals surface area contributed by atoms with Crippen molar-refractivity contribution >= 4 is 30.7 Å². The van der Waals surface area contributed by atoms with Gasteiger partial charge in [0.2, 0.25) is 5.91 Å². The number of likely N-dealkylation sites (tertiary alicyclic amines) is 1. The first-order valence-electron chi connectivity index (χ1n) is 9.11. The van der Waals surface area contributed by atoms with Crippen molar-refractivity contribution in [2.75, 3.05) is 19.6 Å². The van der Waals surface area contributed by atoms with Crippen LogP contribution < -0.4 is 10.6 Å². The zero-order valence-electron chi connectivity index (χ0n) is 14.1. The van der Waals surface area contributed by atoms with Gasteiger partial charge in [-0.15, -0.1) is 24.8 Å². The SMILES string of the molecule is Cl.Cl.O=C(NC1CCN(C2CCCCC2)CC1)[C@H]1CCCCN1. The molecule has 0 aromatic heterocycles. The molecule has 136 valence electrons. The van der Waals surface area contributed by atoms with E-state index in [1.807, 2.05) is 0 Å². The van der Waals surface area contributed by atoms with Gasteiger partial charge in [0.1, 0.15) is 0 Å². The third-order valence-electron chi connectivity index (χ3n) is 5.59. The van der Waals surface area contributed by atoms with Crippen LogP contribution in [-0.2, 0) is 4.79 Å². The van der Waals surface area contributed by atoms with Gasteiger partial charge in [0.25, 0.3) is 0 Å². The summed E-state index contributed by atoms with van der Waals surface area (Å²) in [4.78, 5) is 14.9. The van der Waals surface area contributed by atoms with Crippen molar-refractivity contribution in [1.82, 2.24) is 15.5 Å². The van der Waals surface area contributed by atoms with Crippen LogP contribution in [0.1, 0.15) is 64.2 Å². The van der Waals surface area contributed by atoms with Crippen molar-refractivity contribution in [3.8, 4) is 0 Å². The first kappa shape index (κ1) is 21.0. The van der Waals surface area contributed by atoms with Crippen molar-refractivity contribution in [2.45, 2.75) is 82.3 Å². The van der Waals surface area contributed by atoms with Gasteiger partial charge in [-0.3, -0.25) is 4.79 Å². The monoisotopic (exact) mass is 365 g/mol. The molecule has 23 heavy (non-hydrogen) atoms. The average molecular weight is 366 g/mol. The van der Waals surface area contributed by atoms with E-state index in [2.05, 4.69) is 15.5 Å². The molecule has 1 amide bonds. The molecule has 3 fully saturated rings. The Balaban J connectivity index is 0.00000132. The number of hydrogen-bond donors (Lipinski definition) is 2. The Labute approximate surface area is 153 Å². The summed E-state index contributed by atoms with van der Waals surface area (Å²) in [6.45, 7) is 3.35. The number of halogens is 2. The summed E-state index contributed by atoms with van der Waals surface area (Å²) >= 11 is 0. The number of rotatable bonds is 3. The van der Waals surface area contributed by atoms with Crippen LogP contribution in [-0.4, -0.2) is 48.6 Å². The second-order valence-electron chi connectivity index (χ2n) is 7.11. The van der Waals surface area contributed by atoms with Crippen LogP contribution in [0.3, 0.4) is 0 Å². The molecule has 0 radical (unpaired) electrons. The molecular formula is C17H33Cl2N3O. The first-order valence-corrected chi connectivity index (χ1v) is 9.11. The number of hydrogen-bond acceptors (Lipinski definition) is 3. The van der Waals surface area contributed by atoms with Crippen molar-refractivity contribution < 1.29 is 4.79 Å². The number of nitrogens with zero attached hydrogens (tertiary/aromatic N) is 1. The predicted molar refractivity (Wildman–Crippen MR) is 99.7 cm³/mol. The Bertz CT molecular complexity index is 337. The second-order valence-corrected chi connectivity index (χ2v) is 7.11. The molecule has 1 saturated carbocycles. The van der Waals surface area contributed by atoms with Gasteiger partial charge in [-0.05, 0) is 45.1 Å². The molecular weight excluding hydrogens is 333 g/mol. The maximum absolute atomic E-state index is 12.3. The Kier molecular flexibility index (Phi) is 9.83. The molecule has 3 rings (SSSR count). The van der Waals surface area contributed by atoms with Crippen molar-refractivity contribution in [1.29, 1.82) is 0 Å². The summed E-state index contributed by atoms with van der Waals surface area (Å²) in [5, 5.41) is 6.63. The zero-order chi connectivity index (χ0) is 14.5. The quantitative estimate of drug-likeness (QED) is 0.807. The molecule has 0 spiro atoms. The maximum atomic E-state index is 12.3. The van der Waals surface area contributed by atoms with Crippen molar-refractivity contribution in [3.63, 3.8) is 0 Å². The lowest BCUT2D eigenvalue weighted by Crippen LogP contribution is -2.53. The number of carbonyl (C=O) groups is 1. The highest BCUT2D eigenvalue weighted by atomic mass is 35.5. The number of nitrogens with one attached hydrogen (secondary N) is 2. The predicted octanol–water partition coefficient (Wildman–Crippen LogP) is 2.89. The highest BCUT2D eigenvalue weighted by Crippen LogP contribution is 2.25. The lowest BCUT2D eigenvalue weighted by atomic mass is 9.92. The Morgan fingerprint density at radius 1 is 0.870 bits per heavy atom. The van der Waals surface area contributed by atoms with Crippen molar-refractivity contribution in [2.24, 2.45) is 0 Å². The normalized spacial score (nSPS) is 27.6. The smallest absolute Gasteiger partial charge is 0.237 e. The van der Waals surface area contributed by atoms with Gasteiger partial charge in [-0.2, -0.15) is 0 Å². The van der Waals surface area contributed by atoms with Gasteiger partial charge in [-0.1, -0.05) is 25.7 Å². The molecule has 0 unspecified atom stereocenters. The molecule has 0 bridgehead atoms. The van der Waals surface area contributed by atoms with Crippen LogP contribution in [0.2, 0.25) is 0 Å². The van der Waals surface area contributed by atoms with E-state index in [4.69, 9.17) is 0 Å². The van der Waals surface area contributed by atoms with Gasteiger partial charge in [-0.25, -0.2) is 0 Å². The summed E-state index contributed by atoms with van der Waals surface area (Å²) in [5.74, 6) is 0.241. The fourth-order valence-electron chi connectivity index (χ4n) is 4.23. The van der Waals surface area contributed by atoms with Crippen LogP contribution in [0.5, 0.6) is 0 Å². The third kappa shape index (κ3) is 6.08. The van der Waals surface area contributed by atoms with E-state index in [1.165, 1.54) is 58.0 Å². The largest absolute Gasteiger partial charge is 0.352 e. The molecule has 6 heteroatoms. The van der Waals surface area contributed by atoms with E-state index in [0.717, 1.165) is 31.8 Å². The third-order valence-corrected chi connectivity index (χ3v) is 5.59. The topological polar surface area (TPSA) is 44.4 Å². The Morgan fingerprint density at radius 2 is 1.52 bits per heavy atom. The van der Waals surface area contributed by atoms with E-state index in [9.17, 15) is 4.79 Å². The maximum Gasteiger partial charge on any atom is 0.237 e. The van der Waals surface area contributed by atoms with Gasteiger partial charge in [0, 0.05) is 25.2 Å². The molecule has 1 atom stereocenters. The summed E-state index contributed by atoms with van der Waals surface area (Å²) in [6, 6.07) is 1.30. The second kappa shape index (κ2) is 10.8. The van der Waals surface area contributed by atoms with Gasteiger partial charge < -0.3 is 15.5 Å². The molecule has 2 heterocycles. The van der Waals surface area contributed by atoms with Gasteiger partial charge in [0.15, 0.2) is 0 Å².